The lowest BCUT2D eigenvalue weighted by Crippen LogP contribution is -2.47. The van der Waals surface area contributed by atoms with E-state index in [4.69, 9.17) is 11.6 Å². The summed E-state index contributed by atoms with van der Waals surface area (Å²) in [6.45, 7) is 1.76. The maximum absolute atomic E-state index is 14.2. The molecule has 0 bridgehead atoms. The summed E-state index contributed by atoms with van der Waals surface area (Å²) < 4.78 is 15.8. The maximum Gasteiger partial charge on any atom is 0.335 e. The van der Waals surface area contributed by atoms with Gasteiger partial charge in [-0.2, -0.15) is 0 Å². The van der Waals surface area contributed by atoms with Crippen molar-refractivity contribution in [3.63, 3.8) is 0 Å². The number of rotatable bonds is 7. The lowest BCUT2D eigenvalue weighted by atomic mass is 9.99. The number of fused-ring (bicyclic) bond motifs is 1. The van der Waals surface area contributed by atoms with E-state index in [-0.39, 0.29) is 41.3 Å². The van der Waals surface area contributed by atoms with E-state index in [2.05, 4.69) is 5.32 Å². The Labute approximate surface area is 206 Å². The Balaban J connectivity index is 1.48. The van der Waals surface area contributed by atoms with Gasteiger partial charge in [0.05, 0.1) is 10.6 Å². The second-order valence-corrected chi connectivity index (χ2v) is 9.19. The van der Waals surface area contributed by atoms with Crippen LogP contribution in [0.15, 0.2) is 47.4 Å². The van der Waals surface area contributed by atoms with Gasteiger partial charge in [-0.05, 0) is 50.5 Å². The number of nitrogens with one attached hydrogen (secondary N) is 1. The maximum atomic E-state index is 14.2. The van der Waals surface area contributed by atoms with Crippen LogP contribution in [0.1, 0.15) is 46.9 Å². The first-order chi connectivity index (χ1) is 16.7. The molecule has 1 aromatic heterocycles. The average molecular weight is 502 g/mol. The van der Waals surface area contributed by atoms with Gasteiger partial charge in [-0.25, -0.2) is 9.18 Å². The molecular formula is C25H25ClFN3O5. The van der Waals surface area contributed by atoms with Crippen molar-refractivity contribution in [3.8, 4) is 0 Å². The minimum absolute atomic E-state index is 0.0347. The van der Waals surface area contributed by atoms with Crippen LogP contribution >= 0.6 is 11.6 Å². The van der Waals surface area contributed by atoms with Gasteiger partial charge in [-0.1, -0.05) is 17.7 Å². The highest BCUT2D eigenvalue weighted by Crippen LogP contribution is 2.29. The molecule has 35 heavy (non-hydrogen) atoms. The number of benzene rings is 1. The Hall–Kier alpha value is -3.46. The van der Waals surface area contributed by atoms with Gasteiger partial charge in [0, 0.05) is 41.7 Å². The van der Waals surface area contributed by atoms with E-state index >= 15 is 0 Å². The summed E-state index contributed by atoms with van der Waals surface area (Å²) in [5.41, 5.74) is 0.918. The third kappa shape index (κ3) is 5.00. The van der Waals surface area contributed by atoms with Crippen molar-refractivity contribution in [2.75, 3.05) is 13.1 Å². The minimum atomic E-state index is -1.11. The zero-order valence-corrected chi connectivity index (χ0v) is 19.8. The normalized spacial score (nSPS) is 19.9. The fourth-order valence-corrected chi connectivity index (χ4v) is 4.89. The number of halogens is 2. The van der Waals surface area contributed by atoms with Gasteiger partial charge in [-0.15, -0.1) is 0 Å². The second kappa shape index (κ2) is 10.0. The fraction of sp³-hybridized carbons (Fsp3) is 0.360. The largest absolute Gasteiger partial charge is 0.478 e. The van der Waals surface area contributed by atoms with E-state index in [1.54, 1.807) is 16.7 Å². The van der Waals surface area contributed by atoms with Crippen molar-refractivity contribution in [1.82, 2.24) is 14.8 Å². The fourth-order valence-electron chi connectivity index (χ4n) is 4.64. The molecule has 2 N–H and O–H groups in total. The summed E-state index contributed by atoms with van der Waals surface area (Å²) in [4.78, 5) is 51.0. The molecule has 1 aromatic carbocycles. The number of amides is 2. The van der Waals surface area contributed by atoms with Crippen LogP contribution in [0.4, 0.5) is 4.39 Å². The Morgan fingerprint density at radius 3 is 2.74 bits per heavy atom. The average Bonchev–Trinajstić information content (AvgIpc) is 3.45. The summed E-state index contributed by atoms with van der Waals surface area (Å²) in [6, 6.07) is 3.74. The van der Waals surface area contributed by atoms with Crippen LogP contribution in [0, 0.1) is 5.92 Å². The van der Waals surface area contributed by atoms with Crippen molar-refractivity contribution in [3.05, 3.63) is 58.5 Å². The van der Waals surface area contributed by atoms with E-state index in [1.807, 2.05) is 0 Å². The lowest BCUT2D eigenvalue weighted by molar-refractivity contribution is -0.138. The van der Waals surface area contributed by atoms with Crippen LogP contribution in [0.2, 0.25) is 0 Å². The molecule has 0 spiro atoms. The standard InChI is InChI=1S/C25H25ClFN3O5/c1-14(31)18-12-29(20-8-7-15(25(34)35)10-17(18)20)13-22(32)30-9-3-6-21(30)24(33)28-11-16-4-2-5-19(26)23(16)27/h2,5,7-8,10,12,16,21H,3-4,6,9,11,13H2,1H3,(H,28,33)(H,34,35). The summed E-state index contributed by atoms with van der Waals surface area (Å²) in [5.74, 6) is -3.00. The second-order valence-electron chi connectivity index (χ2n) is 8.79. The summed E-state index contributed by atoms with van der Waals surface area (Å²) >= 11 is 5.83. The molecule has 2 amide bonds. The van der Waals surface area contributed by atoms with Gasteiger partial charge in [0.1, 0.15) is 18.4 Å². The van der Waals surface area contributed by atoms with Gasteiger partial charge in [0.25, 0.3) is 0 Å². The first-order valence-corrected chi connectivity index (χ1v) is 11.7. The van der Waals surface area contributed by atoms with Crippen molar-refractivity contribution in [2.45, 2.75) is 38.8 Å². The van der Waals surface area contributed by atoms with Gasteiger partial charge >= 0.3 is 5.97 Å². The molecule has 1 fully saturated rings. The van der Waals surface area contributed by atoms with E-state index in [9.17, 15) is 28.7 Å². The zero-order valence-electron chi connectivity index (χ0n) is 19.1. The zero-order chi connectivity index (χ0) is 25.3. The number of likely N-dealkylation sites (tertiary alicyclic amines) is 1. The Bertz CT molecular complexity index is 1280. The Morgan fingerprint density at radius 2 is 2.03 bits per heavy atom. The molecule has 2 unspecified atom stereocenters. The third-order valence-electron chi connectivity index (χ3n) is 6.48. The van der Waals surface area contributed by atoms with Gasteiger partial charge in [0.2, 0.25) is 11.8 Å². The molecule has 10 heteroatoms. The predicted molar refractivity (Wildman–Crippen MR) is 128 cm³/mol. The molecule has 2 aromatic rings. The van der Waals surface area contributed by atoms with Crippen molar-refractivity contribution in [1.29, 1.82) is 0 Å². The van der Waals surface area contributed by atoms with Gasteiger partial charge in [-0.3, -0.25) is 14.4 Å². The molecule has 0 saturated carbocycles. The first-order valence-electron chi connectivity index (χ1n) is 11.3. The van der Waals surface area contributed by atoms with Crippen LogP contribution in [0.3, 0.4) is 0 Å². The molecule has 2 heterocycles. The molecule has 1 aliphatic heterocycles. The quantitative estimate of drug-likeness (QED) is 0.563. The number of carbonyl (C=O) groups excluding carboxylic acids is 3. The van der Waals surface area contributed by atoms with Crippen LogP contribution in [-0.4, -0.2) is 57.3 Å². The van der Waals surface area contributed by atoms with Crippen LogP contribution in [-0.2, 0) is 16.1 Å². The highest BCUT2D eigenvalue weighted by atomic mass is 35.5. The van der Waals surface area contributed by atoms with Crippen LogP contribution in [0.25, 0.3) is 10.9 Å². The number of carboxylic acid groups (broad SMARTS) is 1. The monoisotopic (exact) mass is 501 g/mol. The molecule has 8 nitrogen and oxygen atoms in total. The van der Waals surface area contributed by atoms with E-state index in [0.29, 0.717) is 42.3 Å². The summed E-state index contributed by atoms with van der Waals surface area (Å²) in [6.07, 6.45) is 6.37. The number of allylic oxidation sites excluding steroid dienone is 3. The minimum Gasteiger partial charge on any atom is -0.478 e. The highest BCUT2D eigenvalue weighted by Gasteiger charge is 2.34. The van der Waals surface area contributed by atoms with Crippen molar-refractivity contribution in [2.24, 2.45) is 5.92 Å². The number of carboxylic acids is 1. The number of carbonyl (C=O) groups is 4. The number of hydrogen-bond acceptors (Lipinski definition) is 4. The number of ketones is 1. The molecular weight excluding hydrogens is 477 g/mol. The molecule has 1 aliphatic carbocycles. The number of Topliss-reactive ketones (excluding diaryl/α,β-unsaturated/α-hetero) is 1. The molecule has 4 rings (SSSR count). The summed E-state index contributed by atoms with van der Waals surface area (Å²) in [7, 11) is 0. The number of hydrogen-bond donors (Lipinski definition) is 2. The molecule has 184 valence electrons. The van der Waals surface area contributed by atoms with Crippen molar-refractivity contribution >= 4 is 46.1 Å². The molecule has 1 saturated heterocycles. The van der Waals surface area contributed by atoms with Crippen LogP contribution in [0.5, 0.6) is 0 Å². The SMILES string of the molecule is CC(=O)c1cn(CC(=O)N2CCCC2C(=O)NCC2CC=CC(Cl)=C2F)c2ccc(C(=O)O)cc12. The van der Waals surface area contributed by atoms with E-state index < -0.39 is 23.8 Å². The highest BCUT2D eigenvalue weighted by molar-refractivity contribution is 6.31. The number of aromatic carboxylic acids is 1. The van der Waals surface area contributed by atoms with Crippen LogP contribution < -0.4 is 5.32 Å². The Kier molecular flexibility index (Phi) is 7.07. The third-order valence-corrected chi connectivity index (χ3v) is 6.79. The predicted octanol–water partition coefficient (Wildman–Crippen LogP) is 3.65. The van der Waals surface area contributed by atoms with Gasteiger partial charge < -0.3 is 19.9 Å². The summed E-state index contributed by atoms with van der Waals surface area (Å²) in [5, 5.41) is 12.5. The topological polar surface area (TPSA) is 109 Å². The van der Waals surface area contributed by atoms with E-state index in [1.165, 1.54) is 36.2 Å². The lowest BCUT2D eigenvalue weighted by Gasteiger charge is -2.25. The molecule has 2 atom stereocenters. The molecule has 2 aliphatic rings. The smallest absolute Gasteiger partial charge is 0.335 e. The van der Waals surface area contributed by atoms with Crippen molar-refractivity contribution < 1.29 is 28.7 Å². The van der Waals surface area contributed by atoms with E-state index in [0.717, 1.165) is 0 Å². The van der Waals surface area contributed by atoms with Gasteiger partial charge in [0.15, 0.2) is 5.78 Å². The number of aromatic nitrogens is 1. The first kappa shape index (κ1) is 24.7. The number of nitrogens with zero attached hydrogens (tertiary/aromatic N) is 2. The molecule has 0 radical (unpaired) electrons. The Morgan fingerprint density at radius 1 is 1.26 bits per heavy atom.